The molecule has 1 amide bonds. The maximum Gasteiger partial charge on any atom is 0.262 e. The lowest BCUT2D eigenvalue weighted by atomic mass is 10.1. The number of para-hydroxylation sites is 1. The molecule has 33 heavy (non-hydrogen) atoms. The molecular weight excluding hydrogens is 418 g/mol. The van der Waals surface area contributed by atoms with Gasteiger partial charge in [-0.2, -0.15) is 0 Å². The molecule has 3 aromatic carbocycles. The Morgan fingerprint density at radius 1 is 1.00 bits per heavy atom. The van der Waals surface area contributed by atoms with Gasteiger partial charge in [0.05, 0.1) is 5.39 Å². The molecule has 1 N–H and O–H groups in total. The second-order valence-corrected chi connectivity index (χ2v) is 7.73. The van der Waals surface area contributed by atoms with Crippen molar-refractivity contribution in [1.29, 1.82) is 0 Å². The Labute approximate surface area is 191 Å². The van der Waals surface area contributed by atoms with E-state index in [4.69, 9.17) is 13.9 Å². The van der Waals surface area contributed by atoms with Gasteiger partial charge < -0.3 is 19.2 Å². The van der Waals surface area contributed by atoms with E-state index in [1.807, 2.05) is 55.5 Å². The average molecular weight is 443 g/mol. The number of nitrogens with one attached hydrogen (secondary N) is 1. The van der Waals surface area contributed by atoms with Crippen LogP contribution >= 0.6 is 0 Å². The molecule has 0 aliphatic carbocycles. The van der Waals surface area contributed by atoms with Gasteiger partial charge in [-0.1, -0.05) is 43.7 Å². The van der Waals surface area contributed by atoms with E-state index in [2.05, 4.69) is 12.2 Å². The van der Waals surface area contributed by atoms with Gasteiger partial charge in [0.25, 0.3) is 5.91 Å². The Hall–Kier alpha value is -4.06. The minimum Gasteiger partial charge on any atom is -0.484 e. The Morgan fingerprint density at radius 2 is 1.76 bits per heavy atom. The zero-order chi connectivity index (χ0) is 23.2. The van der Waals surface area contributed by atoms with Crippen molar-refractivity contribution in [1.82, 2.24) is 0 Å². The number of rotatable bonds is 8. The van der Waals surface area contributed by atoms with E-state index >= 15 is 0 Å². The highest BCUT2D eigenvalue weighted by Gasteiger charge is 2.11. The number of amides is 1. The van der Waals surface area contributed by atoms with E-state index in [0.717, 1.165) is 24.1 Å². The molecule has 0 aliphatic rings. The number of hydrogen-bond acceptors (Lipinski definition) is 5. The number of fused-ring (bicyclic) bond motifs is 1. The number of ether oxygens (including phenoxy) is 2. The molecule has 0 aliphatic heterocycles. The van der Waals surface area contributed by atoms with Crippen molar-refractivity contribution in [3.63, 3.8) is 0 Å². The van der Waals surface area contributed by atoms with Crippen LogP contribution in [0.5, 0.6) is 17.2 Å². The first kappa shape index (κ1) is 22.1. The fourth-order valence-electron chi connectivity index (χ4n) is 3.44. The molecule has 6 nitrogen and oxygen atoms in total. The largest absolute Gasteiger partial charge is 0.484 e. The van der Waals surface area contributed by atoms with Crippen molar-refractivity contribution in [2.45, 2.75) is 26.7 Å². The summed E-state index contributed by atoms with van der Waals surface area (Å²) in [5, 5.41) is 3.18. The molecule has 0 fully saturated rings. The number of anilines is 1. The van der Waals surface area contributed by atoms with Gasteiger partial charge in [0.15, 0.2) is 6.61 Å². The zero-order valence-corrected chi connectivity index (χ0v) is 18.6. The maximum absolute atomic E-state index is 12.8. The van der Waals surface area contributed by atoms with Crippen LogP contribution in [0.25, 0.3) is 11.0 Å². The topological polar surface area (TPSA) is 77.8 Å². The van der Waals surface area contributed by atoms with Crippen LogP contribution in [-0.4, -0.2) is 12.5 Å². The molecule has 0 unspecified atom stereocenters. The number of carbonyl (C=O) groups excluding carboxylic acids is 1. The van der Waals surface area contributed by atoms with Crippen LogP contribution in [0.1, 0.15) is 24.5 Å². The smallest absolute Gasteiger partial charge is 0.262 e. The molecule has 0 atom stereocenters. The van der Waals surface area contributed by atoms with Gasteiger partial charge in [-0.05, 0) is 54.8 Å². The Kier molecular flexibility index (Phi) is 6.74. The number of aryl methyl sites for hydroxylation is 2. The molecule has 0 spiro atoms. The molecule has 0 saturated carbocycles. The lowest BCUT2D eigenvalue weighted by molar-refractivity contribution is -0.118. The van der Waals surface area contributed by atoms with Crippen LogP contribution in [0.15, 0.2) is 82.2 Å². The summed E-state index contributed by atoms with van der Waals surface area (Å²) < 4.78 is 16.9. The quantitative estimate of drug-likeness (QED) is 0.369. The second-order valence-electron chi connectivity index (χ2n) is 7.73. The SMILES string of the molecule is CCCc1ccc(Oc2coc3cc(OCC(=O)Nc4ccccc4C)ccc3c2=O)cc1. The van der Waals surface area contributed by atoms with Crippen LogP contribution in [0.2, 0.25) is 0 Å². The van der Waals surface area contributed by atoms with Gasteiger partial charge in [-0.15, -0.1) is 0 Å². The lowest BCUT2D eigenvalue weighted by Gasteiger charge is -2.10. The molecule has 4 aromatic rings. The monoisotopic (exact) mass is 443 g/mol. The minimum atomic E-state index is -0.280. The fraction of sp³-hybridized carbons (Fsp3) is 0.185. The Balaban J connectivity index is 1.43. The fourth-order valence-corrected chi connectivity index (χ4v) is 3.44. The van der Waals surface area contributed by atoms with E-state index < -0.39 is 0 Å². The number of benzene rings is 3. The molecule has 0 bridgehead atoms. The van der Waals surface area contributed by atoms with Gasteiger partial charge in [0, 0.05) is 11.8 Å². The third-order valence-corrected chi connectivity index (χ3v) is 5.19. The summed E-state index contributed by atoms with van der Waals surface area (Å²) in [6, 6.07) is 20.0. The van der Waals surface area contributed by atoms with Gasteiger partial charge >= 0.3 is 0 Å². The predicted octanol–water partition coefficient (Wildman–Crippen LogP) is 5.86. The third-order valence-electron chi connectivity index (χ3n) is 5.19. The molecule has 4 rings (SSSR count). The second kappa shape index (κ2) is 10.0. The number of hydrogen-bond donors (Lipinski definition) is 1. The standard InChI is InChI=1S/C27H25NO5/c1-3-6-19-9-11-20(12-10-19)33-25-16-32-24-15-21(13-14-22(24)27(25)30)31-17-26(29)28-23-8-5-4-7-18(23)2/h4-5,7-16H,3,6,17H2,1-2H3,(H,28,29). The molecule has 6 heteroatoms. The van der Waals surface area contributed by atoms with E-state index in [0.29, 0.717) is 22.5 Å². The highest BCUT2D eigenvalue weighted by molar-refractivity contribution is 5.92. The summed E-state index contributed by atoms with van der Waals surface area (Å²) in [6.07, 6.45) is 3.35. The van der Waals surface area contributed by atoms with Crippen molar-refractivity contribution in [3.05, 3.63) is 94.3 Å². The van der Waals surface area contributed by atoms with Gasteiger partial charge in [0.1, 0.15) is 23.3 Å². The molecule has 1 heterocycles. The first-order valence-corrected chi connectivity index (χ1v) is 10.8. The van der Waals surface area contributed by atoms with Crippen molar-refractivity contribution < 1.29 is 18.7 Å². The highest BCUT2D eigenvalue weighted by Crippen LogP contribution is 2.24. The summed E-state index contributed by atoms with van der Waals surface area (Å²) >= 11 is 0. The summed E-state index contributed by atoms with van der Waals surface area (Å²) in [7, 11) is 0. The first-order valence-electron chi connectivity index (χ1n) is 10.8. The predicted molar refractivity (Wildman–Crippen MR) is 128 cm³/mol. The van der Waals surface area contributed by atoms with E-state index in [1.54, 1.807) is 18.2 Å². The summed E-state index contributed by atoms with van der Waals surface area (Å²) in [6.45, 7) is 3.88. The Bertz CT molecular complexity index is 1320. The van der Waals surface area contributed by atoms with Gasteiger partial charge in [0.2, 0.25) is 11.2 Å². The van der Waals surface area contributed by atoms with Gasteiger partial charge in [-0.25, -0.2) is 0 Å². The van der Waals surface area contributed by atoms with E-state index in [1.165, 1.54) is 11.8 Å². The van der Waals surface area contributed by atoms with Crippen LogP contribution in [0, 0.1) is 6.92 Å². The van der Waals surface area contributed by atoms with Crippen LogP contribution in [0.3, 0.4) is 0 Å². The normalized spacial score (nSPS) is 10.7. The highest BCUT2D eigenvalue weighted by atomic mass is 16.5. The summed E-state index contributed by atoms with van der Waals surface area (Å²) in [4.78, 5) is 25.0. The van der Waals surface area contributed by atoms with Crippen molar-refractivity contribution in [2.75, 3.05) is 11.9 Å². The summed E-state index contributed by atoms with van der Waals surface area (Å²) in [5.74, 6) is 0.823. The van der Waals surface area contributed by atoms with E-state index in [9.17, 15) is 9.59 Å². The number of carbonyl (C=O) groups is 1. The molecule has 1 aromatic heterocycles. The molecular formula is C27H25NO5. The average Bonchev–Trinajstić information content (AvgIpc) is 2.82. The molecule has 168 valence electrons. The van der Waals surface area contributed by atoms with Crippen LogP contribution in [0.4, 0.5) is 5.69 Å². The van der Waals surface area contributed by atoms with Crippen molar-refractivity contribution >= 4 is 22.6 Å². The van der Waals surface area contributed by atoms with Crippen molar-refractivity contribution in [2.24, 2.45) is 0 Å². The van der Waals surface area contributed by atoms with Crippen LogP contribution in [-0.2, 0) is 11.2 Å². The van der Waals surface area contributed by atoms with Crippen molar-refractivity contribution in [3.8, 4) is 17.2 Å². The lowest BCUT2D eigenvalue weighted by Crippen LogP contribution is -2.20. The van der Waals surface area contributed by atoms with Gasteiger partial charge in [-0.3, -0.25) is 9.59 Å². The molecule has 0 saturated heterocycles. The first-order chi connectivity index (χ1) is 16.0. The summed E-state index contributed by atoms with van der Waals surface area (Å²) in [5.41, 5.74) is 2.99. The van der Waals surface area contributed by atoms with Crippen LogP contribution < -0.4 is 20.2 Å². The maximum atomic E-state index is 12.8. The molecule has 0 radical (unpaired) electrons. The third kappa shape index (κ3) is 5.41. The Morgan fingerprint density at radius 3 is 2.52 bits per heavy atom. The zero-order valence-electron chi connectivity index (χ0n) is 18.6. The van der Waals surface area contributed by atoms with E-state index in [-0.39, 0.29) is 23.7 Å². The minimum absolute atomic E-state index is 0.108.